The van der Waals surface area contributed by atoms with Crippen molar-refractivity contribution in [2.24, 2.45) is 5.92 Å². The van der Waals surface area contributed by atoms with Crippen LogP contribution < -0.4 is 5.30 Å². The molecule has 0 aliphatic carbocycles. The standard InChI is InChI=1S/C23H29O4P/c1-15(2)13-27-21(24)14-28(26,20-10-8-7-9-11-20)23(25)22-17(4)12-16(3)18(5)19(22)6/h7-12,15H,13-14H2,1-6H3. The number of ether oxygens (including phenoxy) is 1. The molecule has 5 heteroatoms. The second-order valence-corrected chi connectivity index (χ2v) is 10.5. The van der Waals surface area contributed by atoms with Crippen molar-refractivity contribution in [3.63, 3.8) is 0 Å². The molecule has 0 bridgehead atoms. The van der Waals surface area contributed by atoms with Gasteiger partial charge in [-0.05, 0) is 55.9 Å². The van der Waals surface area contributed by atoms with Crippen molar-refractivity contribution >= 4 is 23.9 Å². The van der Waals surface area contributed by atoms with Gasteiger partial charge in [-0.2, -0.15) is 0 Å². The van der Waals surface area contributed by atoms with Gasteiger partial charge >= 0.3 is 5.97 Å². The third kappa shape index (κ3) is 4.62. The Morgan fingerprint density at radius 3 is 2.14 bits per heavy atom. The molecule has 2 aromatic carbocycles. The van der Waals surface area contributed by atoms with Crippen LogP contribution in [0.1, 0.15) is 46.5 Å². The van der Waals surface area contributed by atoms with E-state index in [0.29, 0.717) is 10.9 Å². The normalized spacial score (nSPS) is 13.2. The lowest BCUT2D eigenvalue weighted by molar-refractivity contribution is -0.141. The van der Waals surface area contributed by atoms with Crippen molar-refractivity contribution in [1.82, 2.24) is 0 Å². The summed E-state index contributed by atoms with van der Waals surface area (Å²) in [6, 6.07) is 10.5. The first-order chi connectivity index (χ1) is 13.1. The van der Waals surface area contributed by atoms with Gasteiger partial charge in [0.25, 0.3) is 0 Å². The molecule has 0 saturated carbocycles. The first-order valence-corrected chi connectivity index (χ1v) is 11.4. The third-order valence-electron chi connectivity index (χ3n) is 5.00. The van der Waals surface area contributed by atoms with E-state index >= 15 is 0 Å². The quantitative estimate of drug-likeness (QED) is 0.487. The molecule has 2 aromatic rings. The molecule has 0 aliphatic rings. The largest absolute Gasteiger partial charge is 0.465 e. The predicted molar refractivity (Wildman–Crippen MR) is 114 cm³/mol. The molecule has 0 saturated heterocycles. The number of carbonyl (C=O) groups excluding carboxylic acids is 2. The minimum absolute atomic E-state index is 0.167. The fourth-order valence-corrected chi connectivity index (χ4v) is 5.60. The van der Waals surface area contributed by atoms with E-state index in [9.17, 15) is 14.2 Å². The minimum atomic E-state index is -3.70. The molecule has 0 heterocycles. The van der Waals surface area contributed by atoms with E-state index in [4.69, 9.17) is 4.74 Å². The van der Waals surface area contributed by atoms with E-state index in [-0.39, 0.29) is 12.5 Å². The Labute approximate surface area is 167 Å². The Balaban J connectivity index is 2.55. The van der Waals surface area contributed by atoms with Gasteiger partial charge in [-0.15, -0.1) is 0 Å². The second-order valence-electron chi connectivity index (χ2n) is 7.75. The van der Waals surface area contributed by atoms with Crippen molar-refractivity contribution in [3.8, 4) is 0 Å². The van der Waals surface area contributed by atoms with Crippen molar-refractivity contribution in [2.75, 3.05) is 12.8 Å². The van der Waals surface area contributed by atoms with Crippen LogP contribution >= 0.6 is 7.14 Å². The molecular weight excluding hydrogens is 371 g/mol. The highest BCUT2D eigenvalue weighted by molar-refractivity contribution is 7.88. The van der Waals surface area contributed by atoms with Gasteiger partial charge in [0.2, 0.25) is 5.52 Å². The molecule has 150 valence electrons. The number of benzene rings is 2. The summed E-state index contributed by atoms with van der Waals surface area (Å²) >= 11 is 0. The number of esters is 1. The SMILES string of the molecule is Cc1cc(C)c(C(=O)P(=O)(CC(=O)OCC(C)C)c2ccccc2)c(C)c1C. The van der Waals surface area contributed by atoms with Crippen molar-refractivity contribution < 1.29 is 18.9 Å². The zero-order chi connectivity index (χ0) is 21.1. The fraction of sp³-hybridized carbons (Fsp3) is 0.391. The van der Waals surface area contributed by atoms with E-state index in [1.54, 1.807) is 30.3 Å². The van der Waals surface area contributed by atoms with Crippen molar-refractivity contribution in [2.45, 2.75) is 41.5 Å². The highest BCUT2D eigenvalue weighted by atomic mass is 31.2. The van der Waals surface area contributed by atoms with E-state index in [1.807, 2.05) is 47.6 Å². The summed E-state index contributed by atoms with van der Waals surface area (Å²) < 4.78 is 19.3. The monoisotopic (exact) mass is 400 g/mol. The summed E-state index contributed by atoms with van der Waals surface area (Å²) in [5.74, 6) is -0.437. The summed E-state index contributed by atoms with van der Waals surface area (Å²) in [6.45, 7) is 11.8. The average Bonchev–Trinajstić information content (AvgIpc) is 2.65. The molecule has 0 aromatic heterocycles. The number of hydrogen-bond acceptors (Lipinski definition) is 4. The Bertz CT molecular complexity index is 929. The second kappa shape index (κ2) is 8.87. The first kappa shape index (κ1) is 22.1. The van der Waals surface area contributed by atoms with Crippen LogP contribution in [0.15, 0.2) is 36.4 Å². The van der Waals surface area contributed by atoms with E-state index in [2.05, 4.69) is 0 Å². The molecule has 0 radical (unpaired) electrons. The topological polar surface area (TPSA) is 60.4 Å². The highest BCUT2D eigenvalue weighted by Crippen LogP contribution is 2.49. The van der Waals surface area contributed by atoms with Gasteiger partial charge < -0.3 is 9.30 Å². The molecule has 28 heavy (non-hydrogen) atoms. The summed E-state index contributed by atoms with van der Waals surface area (Å²) in [5, 5.41) is 0.388. The van der Waals surface area contributed by atoms with Crippen LogP contribution in [0.4, 0.5) is 0 Å². The lowest BCUT2D eigenvalue weighted by Crippen LogP contribution is -2.24. The number of hydrogen-bond donors (Lipinski definition) is 0. The van der Waals surface area contributed by atoms with Crippen molar-refractivity contribution in [3.05, 3.63) is 64.2 Å². The Kier molecular flexibility index (Phi) is 7.01. The molecule has 0 N–H and O–H groups in total. The summed E-state index contributed by atoms with van der Waals surface area (Å²) in [7, 11) is -3.70. The Hall–Kier alpha value is -2.19. The number of carbonyl (C=O) groups is 2. The number of rotatable bonds is 7. The lowest BCUT2D eigenvalue weighted by Gasteiger charge is -2.21. The summed E-state index contributed by atoms with van der Waals surface area (Å²) in [6.07, 6.45) is -0.422. The zero-order valence-electron chi connectivity index (χ0n) is 17.5. The summed E-state index contributed by atoms with van der Waals surface area (Å²) in [4.78, 5) is 26.0. The van der Waals surface area contributed by atoms with E-state index < -0.39 is 24.8 Å². The fourth-order valence-electron chi connectivity index (χ4n) is 3.23. The Morgan fingerprint density at radius 1 is 0.964 bits per heavy atom. The third-order valence-corrected chi connectivity index (χ3v) is 7.72. The maximum absolute atomic E-state index is 14.0. The Morgan fingerprint density at radius 2 is 1.57 bits per heavy atom. The molecule has 1 atom stereocenters. The van der Waals surface area contributed by atoms with Crippen LogP contribution in [0.25, 0.3) is 0 Å². The van der Waals surface area contributed by atoms with Crippen molar-refractivity contribution in [1.29, 1.82) is 0 Å². The van der Waals surface area contributed by atoms with E-state index in [1.165, 1.54) is 0 Å². The zero-order valence-corrected chi connectivity index (χ0v) is 18.4. The maximum Gasteiger partial charge on any atom is 0.314 e. The number of aryl methyl sites for hydroxylation is 2. The average molecular weight is 400 g/mol. The van der Waals surface area contributed by atoms with Gasteiger partial charge in [0.15, 0.2) is 7.14 Å². The minimum Gasteiger partial charge on any atom is -0.465 e. The van der Waals surface area contributed by atoms with Crippen LogP contribution in [0, 0.1) is 33.6 Å². The first-order valence-electron chi connectivity index (χ1n) is 9.50. The molecule has 2 rings (SSSR count). The highest BCUT2D eigenvalue weighted by Gasteiger charge is 2.39. The lowest BCUT2D eigenvalue weighted by atomic mass is 9.95. The molecular formula is C23H29O4P. The maximum atomic E-state index is 14.0. The van der Waals surface area contributed by atoms with Gasteiger partial charge in [0.05, 0.1) is 6.61 Å². The van der Waals surface area contributed by atoms with Crippen LogP contribution in [0.3, 0.4) is 0 Å². The molecule has 1 unspecified atom stereocenters. The molecule has 4 nitrogen and oxygen atoms in total. The van der Waals surface area contributed by atoms with E-state index in [0.717, 1.165) is 22.3 Å². The molecule has 0 amide bonds. The molecule has 0 aliphatic heterocycles. The van der Waals surface area contributed by atoms with Crippen LogP contribution in [0.5, 0.6) is 0 Å². The molecule has 0 spiro atoms. The van der Waals surface area contributed by atoms with Crippen LogP contribution in [0.2, 0.25) is 0 Å². The van der Waals surface area contributed by atoms with Gasteiger partial charge in [-0.3, -0.25) is 9.59 Å². The van der Waals surface area contributed by atoms with Gasteiger partial charge in [0, 0.05) is 10.9 Å². The van der Waals surface area contributed by atoms with Gasteiger partial charge in [0.1, 0.15) is 6.16 Å². The predicted octanol–water partition coefficient (Wildman–Crippen LogP) is 4.95. The van der Waals surface area contributed by atoms with Crippen LogP contribution in [-0.2, 0) is 14.1 Å². The smallest absolute Gasteiger partial charge is 0.314 e. The van der Waals surface area contributed by atoms with Gasteiger partial charge in [-0.25, -0.2) is 0 Å². The summed E-state index contributed by atoms with van der Waals surface area (Å²) in [5.41, 5.74) is 3.64. The van der Waals surface area contributed by atoms with Crippen LogP contribution in [-0.4, -0.2) is 24.3 Å². The van der Waals surface area contributed by atoms with Gasteiger partial charge in [-0.1, -0.05) is 50.2 Å². The molecule has 0 fully saturated rings.